The number of hydrogen-bond donors (Lipinski definition) is 0. The van der Waals surface area contributed by atoms with Crippen molar-refractivity contribution < 1.29 is 42.7 Å². The maximum absolute atomic E-state index is 12.5. The lowest BCUT2D eigenvalue weighted by Gasteiger charge is -2.24. The Morgan fingerprint density at radius 3 is 0.968 bits per heavy atom. The Morgan fingerprint density at radius 2 is 0.645 bits per heavy atom. The maximum atomic E-state index is 12.5. The number of carbonyl (C=O) groups is 2. The lowest BCUT2D eigenvalue weighted by molar-refractivity contribution is -0.141. The first-order valence-corrected chi connectivity index (χ1v) is 10.9. The van der Waals surface area contributed by atoms with Crippen molar-refractivity contribution in [2.45, 2.75) is 0 Å². The van der Waals surface area contributed by atoms with Crippen molar-refractivity contribution in [3.05, 3.63) is 0 Å². The molecule has 0 N–H and O–H groups in total. The molecule has 2 bridgehead atoms. The second-order valence-electron chi connectivity index (χ2n) is 6.93. The normalized spacial score (nSPS) is 24.1. The minimum atomic E-state index is -0.147. The zero-order valence-corrected chi connectivity index (χ0v) is 18.3. The SMILES string of the molecule is O=C1COCCOCC(=O)N2CCOCCOCCOCCN1CCOCCOCC2. The summed E-state index contributed by atoms with van der Waals surface area (Å²) in [6.45, 7) is 6.25. The lowest BCUT2D eigenvalue weighted by Crippen LogP contribution is -2.40. The van der Waals surface area contributed by atoms with Crippen molar-refractivity contribution in [2.24, 2.45) is 0 Å². The molecule has 0 unspecified atom stereocenters. The van der Waals surface area contributed by atoms with E-state index in [0.29, 0.717) is 92.2 Å². The second-order valence-corrected chi connectivity index (χ2v) is 6.93. The third-order valence-electron chi connectivity index (χ3n) is 4.67. The fourth-order valence-electron chi connectivity index (χ4n) is 2.90. The fraction of sp³-hybridized carbons (Fsp3) is 0.900. The van der Waals surface area contributed by atoms with Crippen LogP contribution >= 0.6 is 0 Å². The Labute approximate surface area is 183 Å². The summed E-state index contributed by atoms with van der Waals surface area (Å²) in [6, 6.07) is 0. The minimum absolute atomic E-state index is 0.0625. The largest absolute Gasteiger partial charge is 0.377 e. The van der Waals surface area contributed by atoms with Crippen LogP contribution in [-0.4, -0.2) is 140 Å². The lowest BCUT2D eigenvalue weighted by atomic mass is 10.4. The zero-order valence-electron chi connectivity index (χ0n) is 18.3. The van der Waals surface area contributed by atoms with Crippen LogP contribution in [0.25, 0.3) is 0 Å². The quantitative estimate of drug-likeness (QED) is 0.422. The molecular weight excluding hydrogens is 412 g/mol. The average molecular weight is 449 g/mol. The van der Waals surface area contributed by atoms with Crippen LogP contribution in [0.5, 0.6) is 0 Å². The summed E-state index contributed by atoms with van der Waals surface area (Å²) in [5.41, 5.74) is 0. The molecule has 0 aromatic carbocycles. The Balaban J connectivity index is 1.97. The smallest absolute Gasteiger partial charge is 0.248 e. The van der Waals surface area contributed by atoms with Gasteiger partial charge in [0.2, 0.25) is 11.8 Å². The van der Waals surface area contributed by atoms with Gasteiger partial charge < -0.3 is 43.0 Å². The molecule has 0 aliphatic carbocycles. The molecule has 3 heterocycles. The van der Waals surface area contributed by atoms with E-state index in [4.69, 9.17) is 33.2 Å². The van der Waals surface area contributed by atoms with Crippen molar-refractivity contribution in [3.63, 3.8) is 0 Å². The molecule has 11 nitrogen and oxygen atoms in total. The zero-order chi connectivity index (χ0) is 22.0. The Morgan fingerprint density at radius 1 is 0.387 bits per heavy atom. The highest BCUT2D eigenvalue weighted by molar-refractivity contribution is 5.77. The van der Waals surface area contributed by atoms with Crippen LogP contribution < -0.4 is 0 Å². The average Bonchev–Trinajstić information content (AvgIpc) is 2.77. The number of carbonyl (C=O) groups excluding carboxylic acids is 2. The fourth-order valence-corrected chi connectivity index (χ4v) is 2.90. The van der Waals surface area contributed by atoms with Gasteiger partial charge in [-0.05, 0) is 0 Å². The van der Waals surface area contributed by atoms with Crippen LogP contribution in [-0.2, 0) is 42.7 Å². The van der Waals surface area contributed by atoms with E-state index in [9.17, 15) is 9.59 Å². The summed E-state index contributed by atoms with van der Waals surface area (Å²) in [5, 5.41) is 0. The molecule has 31 heavy (non-hydrogen) atoms. The van der Waals surface area contributed by atoms with Crippen LogP contribution in [0.1, 0.15) is 0 Å². The Hall–Kier alpha value is -1.34. The highest BCUT2D eigenvalue weighted by atomic mass is 16.5. The van der Waals surface area contributed by atoms with Gasteiger partial charge in [-0.15, -0.1) is 0 Å². The summed E-state index contributed by atoms with van der Waals surface area (Å²) in [7, 11) is 0. The number of fused-ring (bicyclic) bond motifs is 24. The molecule has 3 rings (SSSR count). The van der Waals surface area contributed by atoms with Gasteiger partial charge in [-0.3, -0.25) is 9.59 Å². The number of rotatable bonds is 0. The molecule has 0 spiro atoms. The van der Waals surface area contributed by atoms with Gasteiger partial charge in [0.05, 0.1) is 79.3 Å². The summed E-state index contributed by atoms with van der Waals surface area (Å²) >= 11 is 0. The molecule has 0 aromatic heterocycles. The van der Waals surface area contributed by atoms with E-state index in [1.807, 2.05) is 0 Å². The molecular formula is C20H36N2O9. The van der Waals surface area contributed by atoms with E-state index in [0.717, 1.165) is 0 Å². The molecule has 180 valence electrons. The molecule has 0 saturated carbocycles. The van der Waals surface area contributed by atoms with Gasteiger partial charge in [-0.2, -0.15) is 0 Å². The van der Waals surface area contributed by atoms with Crippen molar-refractivity contribution >= 4 is 11.8 Å². The van der Waals surface area contributed by atoms with Crippen LogP contribution in [0.4, 0.5) is 0 Å². The number of nitrogens with zero attached hydrogens (tertiary/aromatic N) is 2. The molecule has 11 heteroatoms. The van der Waals surface area contributed by atoms with Crippen molar-refractivity contribution in [1.29, 1.82) is 0 Å². The Kier molecular flexibility index (Phi) is 14.4. The van der Waals surface area contributed by atoms with Crippen molar-refractivity contribution in [1.82, 2.24) is 9.80 Å². The molecule has 0 atom stereocenters. The number of amides is 2. The van der Waals surface area contributed by atoms with E-state index in [2.05, 4.69) is 0 Å². The van der Waals surface area contributed by atoms with E-state index < -0.39 is 0 Å². The Bertz CT molecular complexity index is 449. The van der Waals surface area contributed by atoms with Gasteiger partial charge in [0.25, 0.3) is 0 Å². The van der Waals surface area contributed by atoms with Crippen LogP contribution in [0.15, 0.2) is 0 Å². The monoisotopic (exact) mass is 448 g/mol. The van der Waals surface area contributed by atoms with Crippen LogP contribution in [0.2, 0.25) is 0 Å². The van der Waals surface area contributed by atoms with Crippen LogP contribution in [0.3, 0.4) is 0 Å². The van der Waals surface area contributed by atoms with Gasteiger partial charge in [-0.1, -0.05) is 0 Å². The molecule has 3 aliphatic heterocycles. The number of hydrogen-bond acceptors (Lipinski definition) is 9. The summed E-state index contributed by atoms with van der Waals surface area (Å²) in [4.78, 5) is 28.3. The molecule has 0 aromatic rings. The number of ether oxygens (including phenoxy) is 7. The summed E-state index contributed by atoms with van der Waals surface area (Å²) in [5.74, 6) is -0.294. The minimum Gasteiger partial charge on any atom is -0.377 e. The van der Waals surface area contributed by atoms with Crippen molar-refractivity contribution in [2.75, 3.05) is 119 Å². The summed E-state index contributed by atoms with van der Waals surface area (Å²) < 4.78 is 38.6. The maximum Gasteiger partial charge on any atom is 0.248 e. The predicted octanol–water partition coefficient (Wildman–Crippen LogP) is -1.21. The first-order chi connectivity index (χ1) is 15.3. The molecule has 3 aliphatic rings. The molecule has 0 radical (unpaired) electrons. The van der Waals surface area contributed by atoms with Crippen LogP contribution in [0, 0.1) is 0 Å². The molecule has 3 saturated heterocycles. The van der Waals surface area contributed by atoms with Gasteiger partial charge in [-0.25, -0.2) is 0 Å². The standard InChI is InChI=1S/C20H36N2O9/c23-19-17-30-15-16-31-18-20(24)22-2-6-26-10-9-25-5-1-21(19)3-7-27-11-13-29-14-12-28-8-4-22/h1-18H2. The van der Waals surface area contributed by atoms with Gasteiger partial charge in [0.15, 0.2) is 0 Å². The highest BCUT2D eigenvalue weighted by Crippen LogP contribution is 1.97. The van der Waals surface area contributed by atoms with E-state index in [-0.39, 0.29) is 38.2 Å². The molecule has 2 amide bonds. The summed E-state index contributed by atoms with van der Waals surface area (Å²) in [6.07, 6.45) is 0. The van der Waals surface area contributed by atoms with Gasteiger partial charge in [0.1, 0.15) is 13.2 Å². The van der Waals surface area contributed by atoms with Gasteiger partial charge >= 0.3 is 0 Å². The van der Waals surface area contributed by atoms with E-state index in [1.54, 1.807) is 9.80 Å². The predicted molar refractivity (Wildman–Crippen MR) is 109 cm³/mol. The topological polar surface area (TPSA) is 105 Å². The third kappa shape index (κ3) is 12.3. The first-order valence-electron chi connectivity index (χ1n) is 10.9. The second kappa shape index (κ2) is 17.2. The van der Waals surface area contributed by atoms with Gasteiger partial charge in [0, 0.05) is 26.2 Å². The third-order valence-corrected chi connectivity index (χ3v) is 4.67. The first kappa shape index (κ1) is 25.9. The molecule has 3 fully saturated rings. The van der Waals surface area contributed by atoms with E-state index in [1.165, 1.54) is 0 Å². The van der Waals surface area contributed by atoms with Crippen molar-refractivity contribution in [3.8, 4) is 0 Å². The van der Waals surface area contributed by atoms with E-state index >= 15 is 0 Å². The highest BCUT2D eigenvalue weighted by Gasteiger charge is 2.16.